The maximum atomic E-state index is 11.7. The van der Waals surface area contributed by atoms with Crippen LogP contribution in [-0.2, 0) is 11.8 Å². The number of aromatic nitrogens is 2. The van der Waals surface area contributed by atoms with Crippen LogP contribution in [0.1, 0.15) is 0 Å². The smallest absolute Gasteiger partial charge is 0.388 e. The SMILES string of the molecule is Cn1nc(OC(F)F)cc1OC=O. The molecule has 0 saturated carbocycles. The summed E-state index contributed by atoms with van der Waals surface area (Å²) in [5.74, 6) is -0.264. The van der Waals surface area contributed by atoms with Crippen molar-refractivity contribution in [2.24, 2.45) is 7.05 Å². The number of carbonyl (C=O) groups is 1. The fourth-order valence-corrected chi connectivity index (χ4v) is 0.733. The maximum absolute atomic E-state index is 11.7. The molecular formula is C6H6F2N2O3. The Balaban J connectivity index is 2.75. The molecule has 72 valence electrons. The molecule has 13 heavy (non-hydrogen) atoms. The minimum absolute atomic E-state index is 0.0330. The summed E-state index contributed by atoms with van der Waals surface area (Å²) >= 11 is 0. The molecule has 0 aliphatic heterocycles. The highest BCUT2D eigenvalue weighted by molar-refractivity contribution is 5.43. The van der Waals surface area contributed by atoms with Crippen LogP contribution in [0.5, 0.6) is 11.8 Å². The van der Waals surface area contributed by atoms with E-state index in [9.17, 15) is 13.6 Å². The van der Waals surface area contributed by atoms with E-state index in [1.165, 1.54) is 7.05 Å². The normalized spacial score (nSPS) is 10.2. The Morgan fingerprint density at radius 1 is 1.69 bits per heavy atom. The van der Waals surface area contributed by atoms with Gasteiger partial charge in [-0.1, -0.05) is 0 Å². The molecule has 1 heterocycles. The molecule has 0 N–H and O–H groups in total. The second-order valence-corrected chi connectivity index (χ2v) is 2.04. The molecule has 0 amide bonds. The molecule has 7 heteroatoms. The third kappa shape index (κ3) is 2.39. The zero-order valence-corrected chi connectivity index (χ0v) is 6.61. The first-order chi connectivity index (χ1) is 6.13. The van der Waals surface area contributed by atoms with Gasteiger partial charge >= 0.3 is 6.61 Å². The maximum Gasteiger partial charge on any atom is 0.388 e. The molecule has 1 aromatic rings. The Labute approximate surface area is 71.9 Å². The Bertz CT molecular complexity index is 300. The van der Waals surface area contributed by atoms with Crippen LogP contribution in [-0.4, -0.2) is 22.9 Å². The minimum Gasteiger partial charge on any atom is -0.415 e. The largest absolute Gasteiger partial charge is 0.415 e. The molecule has 0 spiro atoms. The predicted molar refractivity (Wildman–Crippen MR) is 36.5 cm³/mol. The molecule has 0 radical (unpaired) electrons. The van der Waals surface area contributed by atoms with Crippen LogP contribution in [0.4, 0.5) is 8.78 Å². The van der Waals surface area contributed by atoms with Gasteiger partial charge in [-0.2, -0.15) is 8.78 Å². The zero-order valence-electron chi connectivity index (χ0n) is 6.61. The topological polar surface area (TPSA) is 53.4 Å². The molecule has 0 aromatic carbocycles. The summed E-state index contributed by atoms with van der Waals surface area (Å²) < 4.78 is 32.8. The molecule has 0 aliphatic rings. The molecule has 5 nitrogen and oxygen atoms in total. The third-order valence-electron chi connectivity index (χ3n) is 1.19. The average molecular weight is 192 g/mol. The number of alkyl halides is 2. The lowest BCUT2D eigenvalue weighted by molar-refractivity contribution is -0.121. The highest BCUT2D eigenvalue weighted by Gasteiger charge is 2.11. The fraction of sp³-hybridized carbons (Fsp3) is 0.333. The van der Waals surface area contributed by atoms with Crippen molar-refractivity contribution in [3.8, 4) is 11.8 Å². The fourth-order valence-electron chi connectivity index (χ4n) is 0.733. The van der Waals surface area contributed by atoms with Crippen molar-refractivity contribution in [1.82, 2.24) is 9.78 Å². The van der Waals surface area contributed by atoms with Gasteiger partial charge in [0, 0.05) is 7.05 Å². The van der Waals surface area contributed by atoms with Crippen molar-refractivity contribution in [2.75, 3.05) is 0 Å². The van der Waals surface area contributed by atoms with Crippen LogP contribution in [0.3, 0.4) is 0 Å². The molecule has 0 aliphatic carbocycles. The first kappa shape index (κ1) is 9.43. The highest BCUT2D eigenvalue weighted by Crippen LogP contribution is 2.18. The van der Waals surface area contributed by atoms with Crippen molar-refractivity contribution in [2.45, 2.75) is 6.61 Å². The summed E-state index contributed by atoms with van der Waals surface area (Å²) in [4.78, 5) is 9.91. The first-order valence-corrected chi connectivity index (χ1v) is 3.22. The summed E-state index contributed by atoms with van der Waals surface area (Å²) in [5.41, 5.74) is 0. The molecular weight excluding hydrogens is 186 g/mol. The minimum atomic E-state index is -2.95. The van der Waals surface area contributed by atoms with E-state index in [4.69, 9.17) is 0 Å². The molecule has 0 saturated heterocycles. The van der Waals surface area contributed by atoms with Crippen LogP contribution in [0.15, 0.2) is 6.07 Å². The third-order valence-corrected chi connectivity index (χ3v) is 1.19. The van der Waals surface area contributed by atoms with E-state index >= 15 is 0 Å². The van der Waals surface area contributed by atoms with E-state index in [-0.39, 0.29) is 18.2 Å². The summed E-state index contributed by atoms with van der Waals surface area (Å²) in [7, 11) is 1.43. The molecule has 1 aromatic heterocycles. The van der Waals surface area contributed by atoms with Crippen LogP contribution in [0.2, 0.25) is 0 Å². The molecule has 0 bridgehead atoms. The van der Waals surface area contributed by atoms with Crippen LogP contribution in [0.25, 0.3) is 0 Å². The van der Waals surface area contributed by atoms with Crippen molar-refractivity contribution in [3.05, 3.63) is 6.07 Å². The Hall–Kier alpha value is -1.66. The van der Waals surface area contributed by atoms with Crippen molar-refractivity contribution >= 4 is 6.47 Å². The second kappa shape index (κ2) is 3.83. The van der Waals surface area contributed by atoms with Crippen LogP contribution in [0, 0.1) is 0 Å². The zero-order chi connectivity index (χ0) is 9.84. The number of aryl methyl sites for hydroxylation is 1. The predicted octanol–water partition coefficient (Wildman–Crippen LogP) is 0.557. The van der Waals surface area contributed by atoms with E-state index in [2.05, 4.69) is 14.6 Å². The van der Waals surface area contributed by atoms with Crippen molar-refractivity contribution in [3.63, 3.8) is 0 Å². The van der Waals surface area contributed by atoms with E-state index in [1.54, 1.807) is 0 Å². The molecule has 0 fully saturated rings. The average Bonchev–Trinajstić information content (AvgIpc) is 2.31. The van der Waals surface area contributed by atoms with E-state index in [1.807, 2.05) is 0 Å². The number of carbonyl (C=O) groups excluding carboxylic acids is 1. The van der Waals surface area contributed by atoms with Gasteiger partial charge in [-0.05, 0) is 0 Å². The van der Waals surface area contributed by atoms with Crippen LogP contribution >= 0.6 is 0 Å². The van der Waals surface area contributed by atoms with Gasteiger partial charge in [0.05, 0.1) is 6.07 Å². The van der Waals surface area contributed by atoms with Gasteiger partial charge in [-0.15, -0.1) is 5.10 Å². The standard InChI is InChI=1S/C6H6F2N2O3/c1-10-5(12-3-11)2-4(9-10)13-6(7)8/h2-3,6H,1H3. The Kier molecular flexibility index (Phi) is 2.78. The summed E-state index contributed by atoms with van der Waals surface area (Å²) in [6.45, 7) is -2.78. The van der Waals surface area contributed by atoms with E-state index < -0.39 is 6.61 Å². The van der Waals surface area contributed by atoms with Gasteiger partial charge in [0.1, 0.15) is 0 Å². The van der Waals surface area contributed by atoms with Gasteiger partial charge < -0.3 is 9.47 Å². The van der Waals surface area contributed by atoms with Gasteiger partial charge in [-0.3, -0.25) is 4.79 Å². The van der Waals surface area contributed by atoms with Crippen molar-refractivity contribution < 1.29 is 23.0 Å². The van der Waals surface area contributed by atoms with Crippen LogP contribution < -0.4 is 9.47 Å². The number of ether oxygens (including phenoxy) is 2. The van der Waals surface area contributed by atoms with E-state index in [0.717, 1.165) is 10.7 Å². The monoisotopic (exact) mass is 192 g/mol. The quantitative estimate of drug-likeness (QED) is 0.654. The van der Waals surface area contributed by atoms with Gasteiger partial charge in [0.25, 0.3) is 6.47 Å². The number of hydrogen-bond acceptors (Lipinski definition) is 4. The lowest BCUT2D eigenvalue weighted by atomic mass is 10.6. The summed E-state index contributed by atoms with van der Waals surface area (Å²) in [5, 5.41) is 3.50. The number of nitrogens with zero attached hydrogens (tertiary/aromatic N) is 2. The lowest BCUT2D eigenvalue weighted by Crippen LogP contribution is -2.02. The molecule has 0 atom stereocenters. The summed E-state index contributed by atoms with van der Waals surface area (Å²) in [6.07, 6.45) is 0. The Morgan fingerprint density at radius 2 is 2.38 bits per heavy atom. The van der Waals surface area contributed by atoms with Gasteiger partial charge in [0.2, 0.25) is 11.8 Å². The Morgan fingerprint density at radius 3 is 2.92 bits per heavy atom. The van der Waals surface area contributed by atoms with Crippen molar-refractivity contribution in [1.29, 1.82) is 0 Å². The summed E-state index contributed by atoms with van der Waals surface area (Å²) in [6, 6.07) is 1.08. The van der Waals surface area contributed by atoms with E-state index in [0.29, 0.717) is 0 Å². The van der Waals surface area contributed by atoms with Gasteiger partial charge in [0.15, 0.2) is 0 Å². The number of hydrogen-bond donors (Lipinski definition) is 0. The van der Waals surface area contributed by atoms with Gasteiger partial charge in [-0.25, -0.2) is 4.68 Å². The lowest BCUT2D eigenvalue weighted by Gasteiger charge is -1.96. The number of rotatable bonds is 4. The molecule has 1 rings (SSSR count). The highest BCUT2D eigenvalue weighted by atomic mass is 19.3. The second-order valence-electron chi connectivity index (χ2n) is 2.04. The first-order valence-electron chi connectivity index (χ1n) is 3.22. The molecule has 0 unspecified atom stereocenters. The number of halogens is 2.